The molecule has 2 fully saturated rings. The second-order valence-corrected chi connectivity index (χ2v) is 5.08. The SMILES string of the molecule is CC(C)C1C[C@H]2CC[C@H]2CN1C. The summed E-state index contributed by atoms with van der Waals surface area (Å²) in [5.74, 6) is 3.00. The van der Waals surface area contributed by atoms with Crippen LogP contribution in [0.4, 0.5) is 0 Å². The van der Waals surface area contributed by atoms with Crippen molar-refractivity contribution >= 4 is 0 Å². The van der Waals surface area contributed by atoms with Crippen LogP contribution in [0.15, 0.2) is 0 Å². The molecule has 12 heavy (non-hydrogen) atoms. The molecule has 0 aromatic heterocycles. The first-order valence-electron chi connectivity index (χ1n) is 5.38. The number of likely N-dealkylation sites (tertiary alicyclic amines) is 1. The Morgan fingerprint density at radius 3 is 2.33 bits per heavy atom. The number of rotatable bonds is 1. The van der Waals surface area contributed by atoms with Crippen molar-refractivity contribution in [2.45, 2.75) is 39.2 Å². The third kappa shape index (κ3) is 1.28. The van der Waals surface area contributed by atoms with E-state index in [0.29, 0.717) is 0 Å². The van der Waals surface area contributed by atoms with Gasteiger partial charge in [0.05, 0.1) is 0 Å². The third-order valence-electron chi connectivity index (χ3n) is 3.98. The van der Waals surface area contributed by atoms with Crippen molar-refractivity contribution in [3.05, 3.63) is 0 Å². The highest BCUT2D eigenvalue weighted by molar-refractivity contribution is 4.92. The smallest absolute Gasteiger partial charge is 0.0118 e. The number of fused-ring (bicyclic) bond motifs is 1. The van der Waals surface area contributed by atoms with Gasteiger partial charge in [0, 0.05) is 12.6 Å². The molecule has 0 amide bonds. The molecule has 1 aliphatic heterocycles. The van der Waals surface area contributed by atoms with E-state index in [-0.39, 0.29) is 0 Å². The second kappa shape index (κ2) is 3.02. The van der Waals surface area contributed by atoms with Crippen molar-refractivity contribution in [1.29, 1.82) is 0 Å². The number of piperidine rings is 1. The molecule has 0 radical (unpaired) electrons. The van der Waals surface area contributed by atoms with Crippen LogP contribution in [0.3, 0.4) is 0 Å². The van der Waals surface area contributed by atoms with Gasteiger partial charge in [-0.3, -0.25) is 0 Å². The average Bonchev–Trinajstić information content (AvgIpc) is 1.96. The summed E-state index contributed by atoms with van der Waals surface area (Å²) in [5, 5.41) is 0. The van der Waals surface area contributed by atoms with Crippen LogP contribution in [0.5, 0.6) is 0 Å². The summed E-state index contributed by atoms with van der Waals surface area (Å²) < 4.78 is 0. The molecule has 2 rings (SSSR count). The quantitative estimate of drug-likeness (QED) is 0.579. The fraction of sp³-hybridized carbons (Fsp3) is 1.00. The Morgan fingerprint density at radius 2 is 1.83 bits per heavy atom. The molecule has 0 aromatic rings. The van der Waals surface area contributed by atoms with Gasteiger partial charge in [-0.25, -0.2) is 0 Å². The molecule has 0 aromatic carbocycles. The molecule has 1 aliphatic carbocycles. The predicted octanol–water partition coefficient (Wildman–Crippen LogP) is 2.37. The molecule has 0 spiro atoms. The first kappa shape index (κ1) is 8.55. The molecule has 1 heteroatoms. The maximum Gasteiger partial charge on any atom is 0.0118 e. The van der Waals surface area contributed by atoms with E-state index in [0.717, 1.165) is 23.8 Å². The van der Waals surface area contributed by atoms with Gasteiger partial charge in [0.2, 0.25) is 0 Å². The van der Waals surface area contributed by atoms with E-state index in [1.54, 1.807) is 0 Å². The zero-order valence-electron chi connectivity index (χ0n) is 8.59. The summed E-state index contributed by atoms with van der Waals surface area (Å²) >= 11 is 0. The largest absolute Gasteiger partial charge is 0.303 e. The summed E-state index contributed by atoms with van der Waals surface area (Å²) in [7, 11) is 2.30. The normalized spacial score (nSPS) is 42.5. The molecule has 1 saturated carbocycles. The lowest BCUT2D eigenvalue weighted by Gasteiger charge is -2.49. The fourth-order valence-electron chi connectivity index (χ4n) is 2.97. The fourth-order valence-corrected chi connectivity index (χ4v) is 2.97. The Morgan fingerprint density at radius 1 is 1.17 bits per heavy atom. The highest BCUT2D eigenvalue weighted by Crippen LogP contribution is 2.43. The maximum absolute atomic E-state index is 2.59. The standard InChI is InChI=1S/C11H21N/c1-8(2)11-6-9-4-5-10(9)7-12(11)3/h8-11H,4-7H2,1-3H3/t9-,10+,11?/m1/s1. The van der Waals surface area contributed by atoms with Crippen molar-refractivity contribution in [3.8, 4) is 0 Å². The third-order valence-corrected chi connectivity index (χ3v) is 3.98. The highest BCUT2D eigenvalue weighted by atomic mass is 15.1. The lowest BCUT2D eigenvalue weighted by molar-refractivity contribution is 0.00314. The van der Waals surface area contributed by atoms with E-state index in [2.05, 4.69) is 25.8 Å². The zero-order chi connectivity index (χ0) is 8.72. The Hall–Kier alpha value is -0.0400. The summed E-state index contributed by atoms with van der Waals surface area (Å²) in [6, 6.07) is 0.867. The van der Waals surface area contributed by atoms with Crippen LogP contribution in [-0.4, -0.2) is 24.5 Å². The van der Waals surface area contributed by atoms with E-state index >= 15 is 0 Å². The molecule has 3 atom stereocenters. The first-order valence-corrected chi connectivity index (χ1v) is 5.38. The van der Waals surface area contributed by atoms with Gasteiger partial charge >= 0.3 is 0 Å². The van der Waals surface area contributed by atoms with E-state index in [4.69, 9.17) is 0 Å². The van der Waals surface area contributed by atoms with Crippen molar-refractivity contribution in [1.82, 2.24) is 4.90 Å². The molecule has 1 heterocycles. The van der Waals surface area contributed by atoms with Crippen LogP contribution in [-0.2, 0) is 0 Å². The number of hydrogen-bond acceptors (Lipinski definition) is 1. The molecular formula is C11H21N. The van der Waals surface area contributed by atoms with Gasteiger partial charge in [-0.2, -0.15) is 0 Å². The molecule has 0 bridgehead atoms. The monoisotopic (exact) mass is 167 g/mol. The molecular weight excluding hydrogens is 146 g/mol. The van der Waals surface area contributed by atoms with Crippen molar-refractivity contribution in [3.63, 3.8) is 0 Å². The average molecular weight is 167 g/mol. The Bertz CT molecular complexity index is 164. The topological polar surface area (TPSA) is 3.24 Å². The van der Waals surface area contributed by atoms with Crippen LogP contribution in [0.1, 0.15) is 33.1 Å². The number of hydrogen-bond donors (Lipinski definition) is 0. The summed E-state index contributed by atoms with van der Waals surface area (Å²) in [5.41, 5.74) is 0. The maximum atomic E-state index is 2.59. The molecule has 0 N–H and O–H groups in total. The van der Waals surface area contributed by atoms with Gasteiger partial charge in [-0.1, -0.05) is 13.8 Å². The lowest BCUT2D eigenvalue weighted by Crippen LogP contribution is -2.50. The molecule has 1 saturated heterocycles. The molecule has 2 aliphatic rings. The minimum absolute atomic E-state index is 0.844. The summed E-state index contributed by atoms with van der Waals surface area (Å²) in [4.78, 5) is 2.59. The summed E-state index contributed by atoms with van der Waals surface area (Å²) in [6.07, 6.45) is 4.49. The van der Waals surface area contributed by atoms with Crippen molar-refractivity contribution < 1.29 is 0 Å². The first-order chi connectivity index (χ1) is 5.68. The summed E-state index contributed by atoms with van der Waals surface area (Å²) in [6.45, 7) is 6.09. The zero-order valence-corrected chi connectivity index (χ0v) is 8.59. The van der Waals surface area contributed by atoms with E-state index in [9.17, 15) is 0 Å². The lowest BCUT2D eigenvalue weighted by atomic mass is 9.66. The van der Waals surface area contributed by atoms with Crippen LogP contribution >= 0.6 is 0 Å². The van der Waals surface area contributed by atoms with Gasteiger partial charge in [-0.05, 0) is 44.1 Å². The van der Waals surface area contributed by atoms with Gasteiger partial charge in [0.15, 0.2) is 0 Å². The van der Waals surface area contributed by atoms with Gasteiger partial charge in [0.1, 0.15) is 0 Å². The second-order valence-electron chi connectivity index (χ2n) is 5.08. The molecule has 70 valence electrons. The van der Waals surface area contributed by atoms with Crippen LogP contribution in [0.25, 0.3) is 0 Å². The van der Waals surface area contributed by atoms with Crippen LogP contribution in [0, 0.1) is 17.8 Å². The van der Waals surface area contributed by atoms with E-state index < -0.39 is 0 Å². The van der Waals surface area contributed by atoms with Gasteiger partial charge < -0.3 is 4.90 Å². The van der Waals surface area contributed by atoms with Crippen molar-refractivity contribution in [2.75, 3.05) is 13.6 Å². The van der Waals surface area contributed by atoms with Gasteiger partial charge in [0.25, 0.3) is 0 Å². The predicted molar refractivity (Wildman–Crippen MR) is 52.1 cm³/mol. The van der Waals surface area contributed by atoms with Crippen LogP contribution < -0.4 is 0 Å². The number of nitrogens with zero attached hydrogens (tertiary/aromatic N) is 1. The van der Waals surface area contributed by atoms with Gasteiger partial charge in [-0.15, -0.1) is 0 Å². The van der Waals surface area contributed by atoms with E-state index in [1.807, 2.05) is 0 Å². The molecule has 1 unspecified atom stereocenters. The molecule has 1 nitrogen and oxygen atoms in total. The highest BCUT2D eigenvalue weighted by Gasteiger charge is 2.39. The Labute approximate surface area is 76.1 Å². The minimum Gasteiger partial charge on any atom is -0.303 e. The Balaban J connectivity index is 1.97. The Kier molecular flexibility index (Phi) is 2.16. The van der Waals surface area contributed by atoms with Crippen LogP contribution in [0.2, 0.25) is 0 Å². The minimum atomic E-state index is 0.844. The van der Waals surface area contributed by atoms with Crippen molar-refractivity contribution in [2.24, 2.45) is 17.8 Å². The van der Waals surface area contributed by atoms with E-state index in [1.165, 1.54) is 25.8 Å².